The molecule has 2 aromatic carbocycles. The van der Waals surface area contributed by atoms with Crippen molar-refractivity contribution in [2.75, 3.05) is 22.9 Å². The molecule has 0 aromatic heterocycles. The van der Waals surface area contributed by atoms with Gasteiger partial charge in [0, 0.05) is 13.1 Å². The van der Waals surface area contributed by atoms with Crippen LogP contribution in [0.1, 0.15) is 63.0 Å². The van der Waals surface area contributed by atoms with Crippen LogP contribution in [-0.4, -0.2) is 19.0 Å². The molecule has 4 rings (SSSR count). The first-order chi connectivity index (χ1) is 13.9. The van der Waals surface area contributed by atoms with E-state index in [1.54, 1.807) is 0 Å². The number of rotatable bonds is 9. The van der Waals surface area contributed by atoms with E-state index < -0.39 is 0 Å². The molecule has 2 aliphatic heterocycles. The fourth-order valence-electron chi connectivity index (χ4n) is 4.34. The van der Waals surface area contributed by atoms with Crippen LogP contribution in [-0.2, 0) is 13.0 Å². The summed E-state index contributed by atoms with van der Waals surface area (Å²) >= 11 is 0. The largest absolute Gasteiger partial charge is 0.310 e. The lowest BCUT2D eigenvalue weighted by molar-refractivity contribution is 0.607. The predicted molar refractivity (Wildman–Crippen MR) is 120 cm³/mol. The topological polar surface area (TPSA) is 18.8 Å². The predicted octanol–water partition coefficient (Wildman–Crippen LogP) is 6.18. The highest BCUT2D eigenvalue weighted by Gasteiger charge is 2.33. The van der Waals surface area contributed by atoms with Crippen LogP contribution in [0.15, 0.2) is 53.5 Å². The van der Waals surface area contributed by atoms with Crippen molar-refractivity contribution in [3.05, 3.63) is 59.7 Å². The highest BCUT2D eigenvalue weighted by atomic mass is 15.4. The average Bonchev–Trinajstić information content (AvgIpc) is 3.06. The number of hydrogen-bond acceptors (Lipinski definition) is 3. The van der Waals surface area contributed by atoms with E-state index in [4.69, 9.17) is 4.99 Å². The Morgan fingerprint density at radius 1 is 0.821 bits per heavy atom. The van der Waals surface area contributed by atoms with Crippen molar-refractivity contribution < 1.29 is 0 Å². The Bertz CT molecular complexity index is 794. The molecule has 0 spiro atoms. The standard InChI is InChI=1S/C25H33N3/c1-2-3-4-5-6-7-11-21-14-16-22(17-15-21)20-28-24-13-9-8-12-23(24)27-19-10-18-26-25(27)28/h8-9,12-17H,2-7,10-11,18-20H2,1H3. The van der Waals surface area contributed by atoms with Gasteiger partial charge in [0.05, 0.1) is 17.9 Å². The van der Waals surface area contributed by atoms with E-state index >= 15 is 0 Å². The molecule has 0 saturated carbocycles. The molecule has 148 valence electrons. The van der Waals surface area contributed by atoms with E-state index in [9.17, 15) is 0 Å². The van der Waals surface area contributed by atoms with Crippen molar-refractivity contribution in [3.8, 4) is 0 Å². The lowest BCUT2D eigenvalue weighted by Gasteiger charge is -2.27. The molecule has 3 heteroatoms. The zero-order chi connectivity index (χ0) is 19.2. The van der Waals surface area contributed by atoms with Gasteiger partial charge in [-0.2, -0.15) is 0 Å². The van der Waals surface area contributed by atoms with E-state index in [2.05, 4.69) is 65.3 Å². The summed E-state index contributed by atoms with van der Waals surface area (Å²) in [5.41, 5.74) is 5.43. The lowest BCUT2D eigenvalue weighted by Crippen LogP contribution is -2.41. The minimum atomic E-state index is 0.893. The SMILES string of the molecule is CCCCCCCCc1ccc(CN2C3=NCCCN3c3ccccc32)cc1. The average molecular weight is 376 g/mol. The van der Waals surface area contributed by atoms with Crippen LogP contribution in [0.5, 0.6) is 0 Å². The molecule has 0 aliphatic carbocycles. The Labute approximate surface area is 170 Å². The first-order valence-corrected chi connectivity index (χ1v) is 11.1. The summed E-state index contributed by atoms with van der Waals surface area (Å²) in [6.07, 6.45) is 10.5. The van der Waals surface area contributed by atoms with Crippen molar-refractivity contribution in [1.29, 1.82) is 0 Å². The van der Waals surface area contributed by atoms with Gasteiger partial charge in [-0.1, -0.05) is 75.4 Å². The zero-order valence-electron chi connectivity index (χ0n) is 17.2. The van der Waals surface area contributed by atoms with Crippen LogP contribution in [0.2, 0.25) is 0 Å². The molecule has 28 heavy (non-hydrogen) atoms. The van der Waals surface area contributed by atoms with Gasteiger partial charge in [0.1, 0.15) is 0 Å². The molecular formula is C25H33N3. The number of para-hydroxylation sites is 2. The molecule has 2 heterocycles. The maximum Gasteiger partial charge on any atom is 0.206 e. The lowest BCUT2D eigenvalue weighted by atomic mass is 10.0. The van der Waals surface area contributed by atoms with E-state index in [0.717, 1.165) is 32.0 Å². The second kappa shape index (κ2) is 9.27. The Kier molecular flexibility index (Phi) is 6.31. The van der Waals surface area contributed by atoms with E-state index in [1.165, 1.54) is 67.4 Å². The first kappa shape index (κ1) is 19.0. The maximum atomic E-state index is 4.84. The highest BCUT2D eigenvalue weighted by molar-refractivity contribution is 6.16. The third-order valence-corrected chi connectivity index (χ3v) is 5.92. The fourth-order valence-corrected chi connectivity index (χ4v) is 4.34. The van der Waals surface area contributed by atoms with Crippen molar-refractivity contribution >= 4 is 17.3 Å². The van der Waals surface area contributed by atoms with E-state index in [0.29, 0.717) is 0 Å². The molecule has 0 N–H and O–H groups in total. The molecule has 0 radical (unpaired) electrons. The fraction of sp³-hybridized carbons (Fsp3) is 0.480. The first-order valence-electron chi connectivity index (χ1n) is 11.1. The van der Waals surface area contributed by atoms with Gasteiger partial charge in [0.15, 0.2) is 0 Å². The molecule has 3 nitrogen and oxygen atoms in total. The summed E-state index contributed by atoms with van der Waals surface area (Å²) in [7, 11) is 0. The van der Waals surface area contributed by atoms with Crippen molar-refractivity contribution in [2.45, 2.75) is 64.8 Å². The van der Waals surface area contributed by atoms with E-state index in [1.807, 2.05) is 0 Å². The molecule has 0 fully saturated rings. The third-order valence-electron chi connectivity index (χ3n) is 5.92. The number of anilines is 2. The number of hydrogen-bond donors (Lipinski definition) is 0. The Morgan fingerprint density at radius 3 is 2.36 bits per heavy atom. The molecule has 0 unspecified atom stereocenters. The summed E-state index contributed by atoms with van der Waals surface area (Å²) in [4.78, 5) is 9.61. The van der Waals surface area contributed by atoms with Gasteiger partial charge in [-0.3, -0.25) is 4.99 Å². The number of aliphatic imine (C=N–C) groups is 1. The number of nitrogens with zero attached hydrogens (tertiary/aromatic N) is 3. The summed E-state index contributed by atoms with van der Waals surface area (Å²) in [6.45, 7) is 5.18. The number of benzene rings is 2. The van der Waals surface area contributed by atoms with Crippen LogP contribution in [0.4, 0.5) is 11.4 Å². The second-order valence-corrected chi connectivity index (χ2v) is 8.10. The number of fused-ring (bicyclic) bond motifs is 3. The zero-order valence-corrected chi connectivity index (χ0v) is 17.2. The monoisotopic (exact) mass is 375 g/mol. The van der Waals surface area contributed by atoms with Crippen molar-refractivity contribution in [3.63, 3.8) is 0 Å². The van der Waals surface area contributed by atoms with Gasteiger partial charge in [0.2, 0.25) is 5.96 Å². The second-order valence-electron chi connectivity index (χ2n) is 8.10. The van der Waals surface area contributed by atoms with Crippen LogP contribution < -0.4 is 9.80 Å². The van der Waals surface area contributed by atoms with Gasteiger partial charge < -0.3 is 9.80 Å². The maximum absolute atomic E-state index is 4.84. The van der Waals surface area contributed by atoms with Crippen molar-refractivity contribution in [1.82, 2.24) is 0 Å². The molecule has 0 atom stereocenters. The Morgan fingerprint density at radius 2 is 1.54 bits per heavy atom. The molecule has 0 saturated heterocycles. The third kappa shape index (κ3) is 4.24. The normalized spacial score (nSPS) is 15.4. The minimum Gasteiger partial charge on any atom is -0.310 e. The van der Waals surface area contributed by atoms with Gasteiger partial charge in [-0.05, 0) is 42.5 Å². The van der Waals surface area contributed by atoms with Crippen LogP contribution in [0, 0.1) is 0 Å². The number of unbranched alkanes of at least 4 members (excludes halogenated alkanes) is 5. The molecular weight excluding hydrogens is 342 g/mol. The van der Waals surface area contributed by atoms with E-state index in [-0.39, 0.29) is 0 Å². The summed E-state index contributed by atoms with van der Waals surface area (Å²) < 4.78 is 0. The van der Waals surface area contributed by atoms with Crippen molar-refractivity contribution in [2.24, 2.45) is 4.99 Å². The summed E-state index contributed by atoms with van der Waals surface area (Å²) in [6, 6.07) is 18.0. The summed E-state index contributed by atoms with van der Waals surface area (Å²) in [5.74, 6) is 1.13. The van der Waals surface area contributed by atoms with Gasteiger partial charge in [0.25, 0.3) is 0 Å². The smallest absolute Gasteiger partial charge is 0.206 e. The quantitative estimate of drug-likeness (QED) is 0.488. The molecule has 2 aromatic rings. The molecule has 0 bridgehead atoms. The summed E-state index contributed by atoms with van der Waals surface area (Å²) in [5, 5.41) is 0. The Hall–Kier alpha value is -2.29. The van der Waals surface area contributed by atoms with Crippen LogP contribution in [0.3, 0.4) is 0 Å². The van der Waals surface area contributed by atoms with Crippen LogP contribution in [0.25, 0.3) is 0 Å². The number of aryl methyl sites for hydroxylation is 1. The van der Waals surface area contributed by atoms with Gasteiger partial charge in [-0.15, -0.1) is 0 Å². The van der Waals surface area contributed by atoms with Crippen LogP contribution >= 0.6 is 0 Å². The number of guanidine groups is 1. The Balaban J connectivity index is 1.37. The molecule has 0 amide bonds. The molecule has 2 aliphatic rings. The van der Waals surface area contributed by atoms with Gasteiger partial charge in [-0.25, -0.2) is 0 Å². The van der Waals surface area contributed by atoms with Gasteiger partial charge >= 0.3 is 0 Å². The minimum absolute atomic E-state index is 0.893. The highest BCUT2D eigenvalue weighted by Crippen LogP contribution is 2.39.